The molecule has 0 saturated carbocycles. The smallest absolute Gasteiger partial charge is 0.416 e. The Morgan fingerprint density at radius 3 is 2.22 bits per heavy atom. The van der Waals surface area contributed by atoms with Crippen molar-refractivity contribution in [2.45, 2.75) is 19.6 Å². The van der Waals surface area contributed by atoms with Gasteiger partial charge in [0.05, 0.1) is 29.7 Å². The van der Waals surface area contributed by atoms with Gasteiger partial charge in [-0.2, -0.15) is 18.2 Å². The zero-order chi connectivity index (χ0) is 32.7. The Balaban J connectivity index is 1.32. The fourth-order valence-corrected chi connectivity index (χ4v) is 5.80. The molecule has 46 heavy (non-hydrogen) atoms. The summed E-state index contributed by atoms with van der Waals surface area (Å²) in [4.78, 5) is 39.6. The van der Waals surface area contributed by atoms with Gasteiger partial charge in [0.25, 0.3) is 0 Å². The van der Waals surface area contributed by atoms with E-state index in [1.807, 2.05) is 22.8 Å². The van der Waals surface area contributed by atoms with Crippen LogP contribution in [-0.4, -0.2) is 78.1 Å². The molecular formula is C31H29F5N6O4. The van der Waals surface area contributed by atoms with E-state index < -0.39 is 45.7 Å². The summed E-state index contributed by atoms with van der Waals surface area (Å²) in [5.41, 5.74) is -2.38. The molecule has 0 spiro atoms. The lowest BCUT2D eigenvalue weighted by Gasteiger charge is -2.37. The quantitative estimate of drug-likeness (QED) is 0.308. The van der Waals surface area contributed by atoms with Crippen molar-refractivity contribution in [3.8, 4) is 0 Å². The van der Waals surface area contributed by atoms with Gasteiger partial charge in [0.1, 0.15) is 22.9 Å². The van der Waals surface area contributed by atoms with Gasteiger partial charge < -0.3 is 29.1 Å². The monoisotopic (exact) mass is 644 g/mol. The van der Waals surface area contributed by atoms with Crippen LogP contribution in [0.25, 0.3) is 10.9 Å². The van der Waals surface area contributed by atoms with Gasteiger partial charge in [0.2, 0.25) is 11.4 Å². The average Bonchev–Trinajstić information content (AvgIpc) is 3.02. The molecule has 2 fully saturated rings. The van der Waals surface area contributed by atoms with E-state index in [0.29, 0.717) is 51.2 Å². The van der Waals surface area contributed by atoms with Crippen molar-refractivity contribution >= 4 is 34.3 Å². The number of carboxylic acid groups (broad SMARTS) is 1. The van der Waals surface area contributed by atoms with Crippen LogP contribution in [0.15, 0.2) is 47.4 Å². The number of ether oxygens (including phenoxy) is 1. The van der Waals surface area contributed by atoms with Crippen molar-refractivity contribution in [1.82, 2.24) is 14.5 Å². The van der Waals surface area contributed by atoms with E-state index >= 15 is 8.78 Å². The number of hydrogen-bond acceptors (Lipinski definition) is 8. The molecule has 0 unspecified atom stereocenters. The van der Waals surface area contributed by atoms with Crippen LogP contribution in [-0.2, 0) is 17.5 Å². The molecule has 0 aliphatic carbocycles. The standard InChI is InChI=1S/C31H29F5N6O4/c1-18-14-24(38-30(37-18)41-10-12-46-13-11-41)39-6-8-40(9-7-39)27-23(32)15-21-26(25(27)33)42(17-22(28(21)43)29(44)45)16-19-2-4-20(5-3-19)31(34,35)36/h2-5,14-15,17H,6-13,16H2,1H3,(H,44,45). The van der Waals surface area contributed by atoms with E-state index in [1.54, 1.807) is 0 Å². The fourth-order valence-electron chi connectivity index (χ4n) is 5.80. The van der Waals surface area contributed by atoms with Gasteiger partial charge in [-0.1, -0.05) is 12.1 Å². The summed E-state index contributed by atoms with van der Waals surface area (Å²) < 4.78 is 77.7. The first-order valence-corrected chi connectivity index (χ1v) is 14.5. The topological polar surface area (TPSA) is 104 Å². The minimum atomic E-state index is -4.57. The lowest BCUT2D eigenvalue weighted by molar-refractivity contribution is -0.137. The lowest BCUT2D eigenvalue weighted by Crippen LogP contribution is -2.47. The predicted octanol–water partition coefficient (Wildman–Crippen LogP) is 4.31. The number of aryl methyl sites for hydroxylation is 1. The highest BCUT2D eigenvalue weighted by molar-refractivity contribution is 5.94. The Kier molecular flexibility index (Phi) is 8.27. The van der Waals surface area contributed by atoms with Crippen LogP contribution in [0.1, 0.15) is 27.2 Å². The van der Waals surface area contributed by atoms with Crippen LogP contribution in [0.5, 0.6) is 0 Å². The third kappa shape index (κ3) is 6.06. The fraction of sp³-hybridized carbons (Fsp3) is 0.355. The van der Waals surface area contributed by atoms with Gasteiger partial charge in [-0.3, -0.25) is 4.79 Å². The number of alkyl halides is 3. The molecular weight excluding hydrogens is 615 g/mol. The number of fused-ring (bicyclic) bond motifs is 1. The second kappa shape index (κ2) is 12.2. The molecule has 0 bridgehead atoms. The number of carboxylic acids is 1. The number of halogens is 5. The molecule has 0 atom stereocenters. The van der Waals surface area contributed by atoms with E-state index in [2.05, 4.69) is 4.98 Å². The Morgan fingerprint density at radius 2 is 1.59 bits per heavy atom. The molecule has 4 aromatic rings. The number of carbonyl (C=O) groups is 1. The zero-order valence-electron chi connectivity index (χ0n) is 24.7. The largest absolute Gasteiger partial charge is 0.477 e. The number of pyridine rings is 1. The lowest BCUT2D eigenvalue weighted by atomic mass is 10.1. The number of aromatic carboxylic acids is 1. The number of piperazine rings is 1. The van der Waals surface area contributed by atoms with Gasteiger partial charge in [-0.25, -0.2) is 18.6 Å². The normalized spacial score (nSPS) is 15.9. The molecule has 1 N–H and O–H groups in total. The van der Waals surface area contributed by atoms with Crippen molar-refractivity contribution in [3.63, 3.8) is 0 Å². The maximum atomic E-state index is 16.4. The van der Waals surface area contributed by atoms with E-state index in [1.165, 1.54) is 17.0 Å². The molecule has 0 amide bonds. The predicted molar refractivity (Wildman–Crippen MR) is 160 cm³/mol. The van der Waals surface area contributed by atoms with Crippen LogP contribution >= 0.6 is 0 Å². The van der Waals surface area contributed by atoms with E-state index in [9.17, 15) is 27.9 Å². The SMILES string of the molecule is Cc1cc(N2CCN(c3c(F)cc4c(=O)c(C(=O)O)cn(Cc5ccc(C(F)(F)F)cc5)c4c3F)CC2)nc(N2CCOCC2)n1. The highest BCUT2D eigenvalue weighted by Gasteiger charge is 2.31. The summed E-state index contributed by atoms with van der Waals surface area (Å²) in [6.07, 6.45) is -3.64. The molecule has 6 rings (SSSR count). The van der Waals surface area contributed by atoms with E-state index in [4.69, 9.17) is 9.72 Å². The summed E-state index contributed by atoms with van der Waals surface area (Å²) in [6, 6.07) is 6.71. The third-order valence-electron chi connectivity index (χ3n) is 8.14. The summed E-state index contributed by atoms with van der Waals surface area (Å²) in [5, 5.41) is 9.12. The highest BCUT2D eigenvalue weighted by Crippen LogP contribution is 2.33. The van der Waals surface area contributed by atoms with E-state index in [-0.39, 0.29) is 36.4 Å². The van der Waals surface area contributed by atoms with Crippen molar-refractivity contribution in [3.05, 3.63) is 86.8 Å². The first-order valence-electron chi connectivity index (χ1n) is 14.5. The minimum absolute atomic E-state index is 0.200. The van der Waals surface area contributed by atoms with Crippen molar-refractivity contribution in [2.24, 2.45) is 0 Å². The first kappa shape index (κ1) is 31.2. The summed E-state index contributed by atoms with van der Waals surface area (Å²) >= 11 is 0. The second-order valence-corrected chi connectivity index (χ2v) is 11.2. The molecule has 15 heteroatoms. The maximum Gasteiger partial charge on any atom is 0.416 e. The Morgan fingerprint density at radius 1 is 0.935 bits per heavy atom. The molecule has 2 aromatic heterocycles. The van der Waals surface area contributed by atoms with Crippen LogP contribution in [0, 0.1) is 18.6 Å². The maximum absolute atomic E-state index is 16.4. The Labute approximate surface area is 259 Å². The number of rotatable bonds is 6. The highest BCUT2D eigenvalue weighted by atomic mass is 19.4. The van der Waals surface area contributed by atoms with Gasteiger partial charge in [0.15, 0.2) is 5.82 Å². The van der Waals surface area contributed by atoms with Crippen LogP contribution < -0.4 is 20.1 Å². The summed E-state index contributed by atoms with van der Waals surface area (Å²) in [5.74, 6) is -2.45. The number of benzene rings is 2. The number of nitrogens with zero attached hydrogens (tertiary/aromatic N) is 6. The zero-order valence-corrected chi connectivity index (χ0v) is 24.7. The number of morpholine rings is 1. The Bertz CT molecular complexity index is 1850. The number of aromatic nitrogens is 3. The third-order valence-corrected chi connectivity index (χ3v) is 8.14. The van der Waals surface area contributed by atoms with Gasteiger partial charge in [-0.05, 0) is 30.7 Å². The Hall–Kier alpha value is -4.79. The molecule has 4 heterocycles. The van der Waals surface area contributed by atoms with Gasteiger partial charge in [-0.15, -0.1) is 0 Å². The molecule has 2 aromatic carbocycles. The van der Waals surface area contributed by atoms with Crippen molar-refractivity contribution in [1.29, 1.82) is 0 Å². The molecule has 2 saturated heterocycles. The number of hydrogen-bond donors (Lipinski definition) is 1. The van der Waals surface area contributed by atoms with Crippen molar-refractivity contribution in [2.75, 3.05) is 67.2 Å². The van der Waals surface area contributed by atoms with Crippen LogP contribution in [0.4, 0.5) is 39.4 Å². The summed E-state index contributed by atoms with van der Waals surface area (Å²) in [6.45, 7) is 5.20. The van der Waals surface area contributed by atoms with E-state index in [0.717, 1.165) is 34.7 Å². The van der Waals surface area contributed by atoms with Crippen LogP contribution in [0.3, 0.4) is 0 Å². The average molecular weight is 645 g/mol. The minimum Gasteiger partial charge on any atom is -0.477 e. The van der Waals surface area contributed by atoms with Crippen molar-refractivity contribution < 1.29 is 36.6 Å². The molecule has 2 aliphatic heterocycles. The second-order valence-electron chi connectivity index (χ2n) is 11.2. The van der Waals surface area contributed by atoms with Gasteiger partial charge in [0, 0.05) is 63.8 Å². The number of anilines is 3. The molecule has 10 nitrogen and oxygen atoms in total. The summed E-state index contributed by atoms with van der Waals surface area (Å²) in [7, 11) is 0. The van der Waals surface area contributed by atoms with Crippen LogP contribution in [0.2, 0.25) is 0 Å². The molecule has 0 radical (unpaired) electrons. The molecule has 2 aliphatic rings. The molecule has 242 valence electrons. The first-order chi connectivity index (χ1) is 21.9. The van der Waals surface area contributed by atoms with Gasteiger partial charge >= 0.3 is 12.1 Å².